The van der Waals surface area contributed by atoms with Crippen LogP contribution in [0.2, 0.25) is 0 Å². The zero-order valence-electron chi connectivity index (χ0n) is 19.8. The molecule has 0 aliphatic rings. The zero-order valence-corrected chi connectivity index (χ0v) is 20.6. The van der Waals surface area contributed by atoms with Crippen molar-refractivity contribution in [1.29, 1.82) is 0 Å². The molecule has 4 aromatic rings. The number of furan rings is 1. The number of fused-ring (bicyclic) bond motifs is 1. The number of rotatable bonds is 11. The summed E-state index contributed by atoms with van der Waals surface area (Å²) in [5.41, 5.74) is 1.42. The predicted octanol–water partition coefficient (Wildman–Crippen LogP) is 5.34. The molecule has 2 aromatic carbocycles. The van der Waals surface area contributed by atoms with E-state index >= 15 is 0 Å². The van der Waals surface area contributed by atoms with Crippen LogP contribution in [0.5, 0.6) is 5.75 Å². The molecule has 0 bridgehead atoms. The van der Waals surface area contributed by atoms with Crippen molar-refractivity contribution in [2.45, 2.75) is 45.0 Å². The van der Waals surface area contributed by atoms with Gasteiger partial charge in [0.05, 0.1) is 0 Å². The van der Waals surface area contributed by atoms with Crippen molar-refractivity contribution in [3.8, 4) is 5.75 Å². The van der Waals surface area contributed by atoms with Crippen LogP contribution in [0.25, 0.3) is 11.0 Å². The molecule has 0 radical (unpaired) electrons. The van der Waals surface area contributed by atoms with Gasteiger partial charge in [-0.25, -0.2) is 0 Å². The minimum Gasteiger partial charge on any atom is -0.489 e. The number of aromatic nitrogens is 3. The third-order valence-electron chi connectivity index (χ3n) is 5.42. The van der Waals surface area contributed by atoms with Gasteiger partial charge in [0.15, 0.2) is 10.9 Å². The standard InChI is InChI=1S/C26H30N4O3S/c1-18(2)16-30-23(28-29-26(30)34-3)14-9-15-27-25(31)24-21(17-32-19-10-5-4-6-11-19)20-12-7-8-13-22(20)33-24/h4-8,10-13,18H,9,14-17H2,1-3H3,(H,27,31). The number of nitrogens with one attached hydrogen (secondary N) is 1. The van der Waals surface area contributed by atoms with Crippen LogP contribution in [-0.4, -0.2) is 33.5 Å². The first kappa shape index (κ1) is 23.9. The zero-order chi connectivity index (χ0) is 23.9. The number of aryl methyl sites for hydroxylation is 1. The highest BCUT2D eigenvalue weighted by Gasteiger charge is 2.21. The highest BCUT2D eigenvalue weighted by molar-refractivity contribution is 7.98. The number of carbonyl (C=O) groups is 1. The maximum Gasteiger partial charge on any atom is 0.287 e. The van der Waals surface area contributed by atoms with Crippen LogP contribution < -0.4 is 10.1 Å². The smallest absolute Gasteiger partial charge is 0.287 e. The molecule has 8 heteroatoms. The van der Waals surface area contributed by atoms with Gasteiger partial charge in [-0.2, -0.15) is 0 Å². The Kier molecular flexibility index (Phi) is 7.90. The first-order valence-corrected chi connectivity index (χ1v) is 12.7. The molecule has 2 aromatic heterocycles. The molecular formula is C26H30N4O3S. The number of carbonyl (C=O) groups excluding carboxylic acids is 1. The van der Waals surface area contributed by atoms with E-state index < -0.39 is 0 Å². The lowest BCUT2D eigenvalue weighted by Crippen LogP contribution is -2.25. The molecule has 34 heavy (non-hydrogen) atoms. The van der Waals surface area contributed by atoms with Gasteiger partial charge in [-0.3, -0.25) is 4.79 Å². The van der Waals surface area contributed by atoms with E-state index in [0.717, 1.165) is 47.1 Å². The molecule has 4 rings (SSSR count). The molecule has 0 saturated carbocycles. The third kappa shape index (κ3) is 5.62. The highest BCUT2D eigenvalue weighted by atomic mass is 32.2. The number of nitrogens with zero attached hydrogens (tertiary/aromatic N) is 3. The van der Waals surface area contributed by atoms with Crippen LogP contribution in [0.4, 0.5) is 0 Å². The molecule has 1 amide bonds. The summed E-state index contributed by atoms with van der Waals surface area (Å²) < 4.78 is 14.0. The summed E-state index contributed by atoms with van der Waals surface area (Å²) in [6.07, 6.45) is 3.51. The Bertz CT molecular complexity index is 1230. The number of para-hydroxylation sites is 2. The molecule has 0 atom stereocenters. The van der Waals surface area contributed by atoms with E-state index in [1.807, 2.05) is 60.9 Å². The van der Waals surface area contributed by atoms with Crippen molar-refractivity contribution < 1.29 is 13.9 Å². The van der Waals surface area contributed by atoms with Gasteiger partial charge in [-0.1, -0.05) is 62.0 Å². The van der Waals surface area contributed by atoms with Gasteiger partial charge in [0.1, 0.15) is 23.8 Å². The van der Waals surface area contributed by atoms with Gasteiger partial charge in [-0.05, 0) is 36.8 Å². The van der Waals surface area contributed by atoms with Crippen LogP contribution in [-0.2, 0) is 19.6 Å². The SMILES string of the molecule is CSc1nnc(CCCNC(=O)c2oc3ccccc3c2COc2ccccc2)n1CC(C)C. The summed E-state index contributed by atoms with van der Waals surface area (Å²) in [4.78, 5) is 13.0. The van der Waals surface area contributed by atoms with E-state index in [4.69, 9.17) is 9.15 Å². The van der Waals surface area contributed by atoms with Gasteiger partial charge >= 0.3 is 0 Å². The Morgan fingerprint density at radius 3 is 2.65 bits per heavy atom. The normalized spacial score (nSPS) is 11.3. The van der Waals surface area contributed by atoms with E-state index in [9.17, 15) is 4.79 Å². The van der Waals surface area contributed by atoms with Gasteiger partial charge in [0, 0.05) is 30.5 Å². The molecule has 0 aliphatic heterocycles. The Morgan fingerprint density at radius 2 is 1.88 bits per heavy atom. The topological polar surface area (TPSA) is 82.2 Å². The Balaban J connectivity index is 1.41. The second-order valence-corrected chi connectivity index (χ2v) is 9.25. The van der Waals surface area contributed by atoms with E-state index in [0.29, 0.717) is 23.8 Å². The largest absolute Gasteiger partial charge is 0.489 e. The molecule has 0 aliphatic carbocycles. The fourth-order valence-electron chi connectivity index (χ4n) is 3.83. The number of thioether (sulfide) groups is 1. The summed E-state index contributed by atoms with van der Waals surface area (Å²) in [6.45, 7) is 6.01. The van der Waals surface area contributed by atoms with Gasteiger partial charge in [0.2, 0.25) is 0 Å². The van der Waals surface area contributed by atoms with Crippen LogP contribution in [0.15, 0.2) is 64.2 Å². The van der Waals surface area contributed by atoms with Crippen molar-refractivity contribution >= 4 is 28.6 Å². The quantitative estimate of drug-likeness (QED) is 0.231. The van der Waals surface area contributed by atoms with Crippen LogP contribution in [0.1, 0.15) is 42.2 Å². The van der Waals surface area contributed by atoms with Gasteiger partial charge in [0.25, 0.3) is 5.91 Å². The lowest BCUT2D eigenvalue weighted by atomic mass is 10.1. The molecule has 1 N–H and O–H groups in total. The molecule has 0 unspecified atom stereocenters. The van der Waals surface area contributed by atoms with Crippen LogP contribution >= 0.6 is 11.8 Å². The second kappa shape index (κ2) is 11.2. The minimum absolute atomic E-state index is 0.240. The third-order valence-corrected chi connectivity index (χ3v) is 6.08. The molecular weight excluding hydrogens is 448 g/mol. The van der Waals surface area contributed by atoms with Gasteiger partial charge < -0.3 is 19.0 Å². The molecule has 0 fully saturated rings. The van der Waals surface area contributed by atoms with Crippen molar-refractivity contribution in [3.05, 3.63) is 71.7 Å². The first-order valence-electron chi connectivity index (χ1n) is 11.5. The number of benzene rings is 2. The molecule has 7 nitrogen and oxygen atoms in total. The average molecular weight is 479 g/mol. The second-order valence-electron chi connectivity index (χ2n) is 8.47. The van der Waals surface area contributed by atoms with E-state index in [-0.39, 0.29) is 12.5 Å². The lowest BCUT2D eigenvalue weighted by Gasteiger charge is -2.12. The summed E-state index contributed by atoms with van der Waals surface area (Å²) >= 11 is 1.60. The molecule has 2 heterocycles. The Labute approximate surface area is 203 Å². The summed E-state index contributed by atoms with van der Waals surface area (Å²) in [5.74, 6) is 2.26. The Morgan fingerprint density at radius 1 is 1.12 bits per heavy atom. The fourth-order valence-corrected chi connectivity index (χ4v) is 4.35. The van der Waals surface area contributed by atoms with Crippen molar-refractivity contribution in [3.63, 3.8) is 0 Å². The molecule has 178 valence electrons. The fraction of sp³-hybridized carbons (Fsp3) is 0.346. The summed E-state index contributed by atoms with van der Waals surface area (Å²) in [7, 11) is 0. The lowest BCUT2D eigenvalue weighted by molar-refractivity contribution is 0.0924. The maximum absolute atomic E-state index is 13.0. The van der Waals surface area contributed by atoms with Crippen molar-refractivity contribution in [2.24, 2.45) is 5.92 Å². The predicted molar refractivity (Wildman–Crippen MR) is 134 cm³/mol. The summed E-state index contributed by atoms with van der Waals surface area (Å²) in [5, 5.41) is 13.5. The van der Waals surface area contributed by atoms with E-state index in [1.54, 1.807) is 11.8 Å². The summed E-state index contributed by atoms with van der Waals surface area (Å²) in [6, 6.07) is 17.2. The van der Waals surface area contributed by atoms with E-state index in [2.05, 4.69) is 33.9 Å². The van der Waals surface area contributed by atoms with Crippen molar-refractivity contribution in [1.82, 2.24) is 20.1 Å². The number of hydrogen-bond acceptors (Lipinski definition) is 6. The number of ether oxygens (including phenoxy) is 1. The average Bonchev–Trinajstić information content (AvgIpc) is 3.41. The highest BCUT2D eigenvalue weighted by Crippen LogP contribution is 2.27. The first-order chi connectivity index (χ1) is 16.6. The maximum atomic E-state index is 13.0. The monoisotopic (exact) mass is 478 g/mol. The molecule has 0 saturated heterocycles. The van der Waals surface area contributed by atoms with Gasteiger partial charge in [-0.15, -0.1) is 10.2 Å². The number of hydrogen-bond donors (Lipinski definition) is 1. The number of amides is 1. The minimum atomic E-state index is -0.240. The molecule has 0 spiro atoms. The van der Waals surface area contributed by atoms with Crippen LogP contribution in [0.3, 0.4) is 0 Å². The Hall–Kier alpha value is -3.26. The van der Waals surface area contributed by atoms with Crippen molar-refractivity contribution in [2.75, 3.05) is 12.8 Å². The van der Waals surface area contributed by atoms with Crippen LogP contribution in [0, 0.1) is 5.92 Å². The van der Waals surface area contributed by atoms with E-state index in [1.165, 1.54) is 0 Å².